The van der Waals surface area contributed by atoms with Gasteiger partial charge in [0, 0.05) is 43.4 Å². The Kier molecular flexibility index (Phi) is 5.45. The molecule has 6 nitrogen and oxygen atoms in total. The summed E-state index contributed by atoms with van der Waals surface area (Å²) in [5.74, 6) is 0.534. The fraction of sp³-hybridized carbons (Fsp3) is 0.750. The Labute approximate surface area is 132 Å². The molecular formula is C16H27N3O3. The minimum absolute atomic E-state index is 0.363. The first-order valence-electron chi connectivity index (χ1n) is 7.92. The number of carbonyl (C=O) groups excluding carboxylic acids is 1. The summed E-state index contributed by atoms with van der Waals surface area (Å²) in [6.07, 6.45) is 5.18. The van der Waals surface area contributed by atoms with Crippen LogP contribution in [0.25, 0.3) is 0 Å². The first-order valence-corrected chi connectivity index (χ1v) is 7.92. The van der Waals surface area contributed by atoms with Crippen molar-refractivity contribution < 1.29 is 14.3 Å². The normalized spacial score (nSPS) is 19.9. The predicted molar refractivity (Wildman–Crippen MR) is 83.8 cm³/mol. The van der Waals surface area contributed by atoms with Gasteiger partial charge in [0.1, 0.15) is 5.60 Å². The van der Waals surface area contributed by atoms with Gasteiger partial charge in [-0.1, -0.05) is 0 Å². The molecule has 2 unspecified atom stereocenters. The van der Waals surface area contributed by atoms with Gasteiger partial charge in [-0.2, -0.15) is 0 Å². The van der Waals surface area contributed by atoms with Crippen molar-refractivity contribution in [3.8, 4) is 0 Å². The highest BCUT2D eigenvalue weighted by atomic mass is 16.6. The van der Waals surface area contributed by atoms with Crippen LogP contribution in [0.4, 0.5) is 4.79 Å². The van der Waals surface area contributed by atoms with Crippen molar-refractivity contribution in [3.05, 3.63) is 18.2 Å². The molecule has 0 aliphatic carbocycles. The molecule has 2 rings (SSSR count). The van der Waals surface area contributed by atoms with Crippen LogP contribution in [0.5, 0.6) is 0 Å². The molecule has 1 aliphatic heterocycles. The molecule has 1 fully saturated rings. The number of imidazole rings is 1. The molecule has 0 spiro atoms. The van der Waals surface area contributed by atoms with Crippen LogP contribution in [-0.4, -0.2) is 41.0 Å². The van der Waals surface area contributed by atoms with Gasteiger partial charge in [0.25, 0.3) is 0 Å². The number of aromatic nitrogens is 2. The SMILES string of the molecule is CC(C1CCOC1)n1cncc1CCNC(=O)OC(C)(C)C. The second-order valence-corrected chi connectivity index (χ2v) is 6.84. The van der Waals surface area contributed by atoms with Crippen molar-refractivity contribution in [2.24, 2.45) is 5.92 Å². The average Bonchev–Trinajstić information content (AvgIpc) is 3.07. The summed E-state index contributed by atoms with van der Waals surface area (Å²) < 4.78 is 12.9. The number of hydrogen-bond donors (Lipinski definition) is 1. The fourth-order valence-corrected chi connectivity index (χ4v) is 2.66. The molecule has 1 amide bonds. The maximum Gasteiger partial charge on any atom is 0.407 e. The van der Waals surface area contributed by atoms with Gasteiger partial charge in [0.2, 0.25) is 0 Å². The van der Waals surface area contributed by atoms with Gasteiger partial charge in [-0.15, -0.1) is 0 Å². The largest absolute Gasteiger partial charge is 0.444 e. The molecule has 2 atom stereocenters. The highest BCUT2D eigenvalue weighted by molar-refractivity contribution is 5.67. The summed E-state index contributed by atoms with van der Waals surface area (Å²) in [5.41, 5.74) is 0.651. The average molecular weight is 309 g/mol. The van der Waals surface area contributed by atoms with Crippen LogP contribution in [0.1, 0.15) is 45.9 Å². The van der Waals surface area contributed by atoms with Gasteiger partial charge in [0.05, 0.1) is 12.9 Å². The van der Waals surface area contributed by atoms with Gasteiger partial charge in [-0.25, -0.2) is 9.78 Å². The van der Waals surface area contributed by atoms with Gasteiger partial charge in [-0.05, 0) is 34.1 Å². The minimum Gasteiger partial charge on any atom is -0.444 e. The third kappa shape index (κ3) is 4.73. The molecule has 1 aliphatic rings. The Morgan fingerprint density at radius 1 is 1.59 bits per heavy atom. The highest BCUT2D eigenvalue weighted by Gasteiger charge is 2.24. The summed E-state index contributed by atoms with van der Waals surface area (Å²) in [5, 5.41) is 2.79. The van der Waals surface area contributed by atoms with Crippen molar-refractivity contribution in [3.63, 3.8) is 0 Å². The molecule has 1 saturated heterocycles. The van der Waals surface area contributed by atoms with Crippen molar-refractivity contribution in [2.45, 2.75) is 52.2 Å². The van der Waals surface area contributed by atoms with Gasteiger partial charge in [-0.3, -0.25) is 0 Å². The number of amides is 1. The van der Waals surface area contributed by atoms with E-state index >= 15 is 0 Å². The van der Waals surface area contributed by atoms with Crippen LogP contribution in [0.3, 0.4) is 0 Å². The first-order chi connectivity index (χ1) is 10.4. The van der Waals surface area contributed by atoms with E-state index in [1.807, 2.05) is 33.3 Å². The lowest BCUT2D eigenvalue weighted by atomic mass is 10.0. The molecular weight excluding hydrogens is 282 g/mol. The second-order valence-electron chi connectivity index (χ2n) is 6.84. The Morgan fingerprint density at radius 2 is 2.36 bits per heavy atom. The molecule has 0 bridgehead atoms. The summed E-state index contributed by atoms with van der Waals surface area (Å²) >= 11 is 0. The van der Waals surface area contributed by atoms with E-state index in [1.54, 1.807) is 0 Å². The van der Waals surface area contributed by atoms with Crippen molar-refractivity contribution in [1.29, 1.82) is 0 Å². The van der Waals surface area contributed by atoms with Gasteiger partial charge >= 0.3 is 6.09 Å². The Hall–Kier alpha value is -1.56. The van der Waals surface area contributed by atoms with E-state index in [9.17, 15) is 4.79 Å². The summed E-state index contributed by atoms with van der Waals surface area (Å²) in [6, 6.07) is 0.363. The Balaban J connectivity index is 1.84. The standard InChI is InChI=1S/C16H27N3O3/c1-12(13-6-8-21-10-13)19-11-17-9-14(19)5-7-18-15(20)22-16(2,3)4/h9,11-13H,5-8,10H2,1-4H3,(H,18,20). The van der Waals surface area contributed by atoms with E-state index in [0.717, 1.165) is 31.7 Å². The van der Waals surface area contributed by atoms with Crippen LogP contribution in [0.2, 0.25) is 0 Å². The van der Waals surface area contributed by atoms with E-state index in [4.69, 9.17) is 9.47 Å². The van der Waals surface area contributed by atoms with Gasteiger partial charge < -0.3 is 19.4 Å². The Bertz CT molecular complexity index is 487. The Morgan fingerprint density at radius 3 is 3.00 bits per heavy atom. The molecule has 0 radical (unpaired) electrons. The number of nitrogens with zero attached hydrogens (tertiary/aromatic N) is 2. The summed E-state index contributed by atoms with van der Waals surface area (Å²) in [7, 11) is 0. The number of alkyl carbamates (subject to hydrolysis) is 1. The van der Waals surface area contributed by atoms with Crippen molar-refractivity contribution in [2.75, 3.05) is 19.8 Å². The third-order valence-electron chi connectivity index (χ3n) is 3.88. The zero-order valence-electron chi connectivity index (χ0n) is 14.0. The lowest BCUT2D eigenvalue weighted by Gasteiger charge is -2.22. The van der Waals surface area contributed by atoms with E-state index < -0.39 is 5.60 Å². The molecule has 1 aromatic rings. The molecule has 0 saturated carbocycles. The van der Waals surface area contributed by atoms with Crippen LogP contribution in [0.15, 0.2) is 12.5 Å². The van der Waals surface area contributed by atoms with E-state index in [2.05, 4.69) is 21.8 Å². The zero-order valence-corrected chi connectivity index (χ0v) is 14.0. The molecule has 2 heterocycles. The van der Waals surface area contributed by atoms with Crippen LogP contribution in [0, 0.1) is 5.92 Å². The van der Waals surface area contributed by atoms with Crippen LogP contribution >= 0.6 is 0 Å². The summed E-state index contributed by atoms with van der Waals surface area (Å²) in [4.78, 5) is 15.9. The molecule has 1 N–H and O–H groups in total. The van der Waals surface area contributed by atoms with Crippen LogP contribution < -0.4 is 5.32 Å². The highest BCUT2D eigenvalue weighted by Crippen LogP contribution is 2.26. The smallest absolute Gasteiger partial charge is 0.407 e. The van der Waals surface area contributed by atoms with Crippen LogP contribution in [-0.2, 0) is 15.9 Å². The number of carbonyl (C=O) groups is 1. The maximum atomic E-state index is 11.6. The van der Waals surface area contributed by atoms with Gasteiger partial charge in [0.15, 0.2) is 0 Å². The molecule has 22 heavy (non-hydrogen) atoms. The van der Waals surface area contributed by atoms with E-state index in [1.165, 1.54) is 0 Å². The summed E-state index contributed by atoms with van der Waals surface area (Å²) in [6.45, 7) is 9.96. The molecule has 0 aromatic carbocycles. The zero-order chi connectivity index (χ0) is 16.2. The van der Waals surface area contributed by atoms with Crippen molar-refractivity contribution in [1.82, 2.24) is 14.9 Å². The quantitative estimate of drug-likeness (QED) is 0.908. The topological polar surface area (TPSA) is 65.4 Å². The maximum absolute atomic E-state index is 11.6. The van der Waals surface area contributed by atoms with E-state index in [0.29, 0.717) is 18.5 Å². The molecule has 1 aromatic heterocycles. The van der Waals surface area contributed by atoms with Crippen molar-refractivity contribution >= 4 is 6.09 Å². The third-order valence-corrected chi connectivity index (χ3v) is 3.88. The number of nitrogens with one attached hydrogen (secondary N) is 1. The molecule has 6 heteroatoms. The van der Waals surface area contributed by atoms with E-state index in [-0.39, 0.29) is 6.09 Å². The number of rotatable bonds is 5. The lowest BCUT2D eigenvalue weighted by Crippen LogP contribution is -2.33. The minimum atomic E-state index is -0.469. The fourth-order valence-electron chi connectivity index (χ4n) is 2.66. The lowest BCUT2D eigenvalue weighted by molar-refractivity contribution is 0.0528. The predicted octanol–water partition coefficient (Wildman–Crippen LogP) is 2.55. The monoisotopic (exact) mass is 309 g/mol. The first kappa shape index (κ1) is 16.8. The number of hydrogen-bond acceptors (Lipinski definition) is 4. The molecule has 124 valence electrons. The second kappa shape index (κ2) is 7.13. The number of ether oxygens (including phenoxy) is 2.